The lowest BCUT2D eigenvalue weighted by atomic mass is 9.95. The highest BCUT2D eigenvalue weighted by Gasteiger charge is 2.08. The average molecular weight is 421 g/mol. The molecule has 0 bridgehead atoms. The molecule has 0 saturated heterocycles. The molecule has 0 radical (unpaired) electrons. The highest BCUT2D eigenvalue weighted by molar-refractivity contribution is 5.92. The van der Waals surface area contributed by atoms with E-state index in [1.807, 2.05) is 30.3 Å². The molecule has 0 heterocycles. The molecule has 3 rings (SSSR count). The molecule has 3 nitrogen and oxygen atoms in total. The molecule has 166 valence electrons. The molecular weight excluding hydrogens is 384 g/mol. The number of ether oxygens (including phenoxy) is 1. The van der Waals surface area contributed by atoms with Gasteiger partial charge in [0.15, 0.2) is 0 Å². The first-order chi connectivity index (χ1) is 15.0. The maximum absolute atomic E-state index is 9.71. The van der Waals surface area contributed by atoms with Crippen molar-refractivity contribution in [2.75, 3.05) is 6.61 Å². The third-order valence-corrected chi connectivity index (χ3v) is 6.08. The predicted molar refractivity (Wildman–Crippen MR) is 129 cm³/mol. The van der Waals surface area contributed by atoms with Crippen LogP contribution >= 0.6 is 0 Å². The summed E-state index contributed by atoms with van der Waals surface area (Å²) in [6.45, 7) is 7.61. The summed E-state index contributed by atoms with van der Waals surface area (Å²) in [6.07, 6.45) is 4.97. The SMILES string of the molecule is CC(C)CCCC(C)CCOc1ccc(-c2ccc3c(CO)ccc(CO)c3c2)cc1. The number of benzene rings is 3. The Hall–Kier alpha value is -2.36. The van der Waals surface area contributed by atoms with Crippen molar-refractivity contribution in [2.45, 2.75) is 59.7 Å². The molecule has 0 fully saturated rings. The van der Waals surface area contributed by atoms with Crippen molar-refractivity contribution in [3.05, 3.63) is 65.7 Å². The Labute approximate surface area is 186 Å². The Morgan fingerprint density at radius 3 is 2.00 bits per heavy atom. The number of aliphatic hydroxyl groups excluding tert-OH is 2. The molecule has 31 heavy (non-hydrogen) atoms. The fraction of sp³-hybridized carbons (Fsp3) is 0.429. The molecule has 2 N–H and O–H groups in total. The van der Waals surface area contributed by atoms with E-state index >= 15 is 0 Å². The molecule has 0 aliphatic carbocycles. The van der Waals surface area contributed by atoms with Gasteiger partial charge in [0.2, 0.25) is 0 Å². The van der Waals surface area contributed by atoms with Crippen molar-refractivity contribution in [1.82, 2.24) is 0 Å². The van der Waals surface area contributed by atoms with Gasteiger partial charge in [-0.15, -0.1) is 0 Å². The second kappa shape index (κ2) is 11.3. The Bertz CT molecular complexity index is 960. The van der Waals surface area contributed by atoms with E-state index in [9.17, 15) is 10.2 Å². The number of hydrogen-bond acceptors (Lipinski definition) is 3. The van der Waals surface area contributed by atoms with Gasteiger partial charge in [-0.2, -0.15) is 0 Å². The molecule has 0 aromatic heterocycles. The summed E-state index contributed by atoms with van der Waals surface area (Å²) < 4.78 is 5.97. The first kappa shape index (κ1) is 23.3. The zero-order valence-electron chi connectivity index (χ0n) is 19.1. The van der Waals surface area contributed by atoms with Crippen LogP contribution in [0.1, 0.15) is 57.6 Å². The standard InChI is InChI=1S/C28H36O3/c1-20(2)5-4-6-21(3)15-16-31-26-12-9-22(10-13-26)23-11-14-27-24(18-29)7-8-25(19-30)28(27)17-23/h7-14,17,20-21,29-30H,4-6,15-16,18-19H2,1-3H3. The van der Waals surface area contributed by atoms with Crippen LogP contribution in [0, 0.1) is 11.8 Å². The van der Waals surface area contributed by atoms with Gasteiger partial charge >= 0.3 is 0 Å². The maximum Gasteiger partial charge on any atom is 0.119 e. The summed E-state index contributed by atoms with van der Waals surface area (Å²) in [5, 5.41) is 21.3. The number of aliphatic hydroxyl groups is 2. The molecular formula is C28H36O3. The van der Waals surface area contributed by atoms with Crippen LogP contribution in [0.5, 0.6) is 5.75 Å². The van der Waals surface area contributed by atoms with Gasteiger partial charge in [0.25, 0.3) is 0 Å². The number of rotatable bonds is 11. The van der Waals surface area contributed by atoms with E-state index in [1.165, 1.54) is 19.3 Å². The van der Waals surface area contributed by atoms with Gasteiger partial charge in [-0.05, 0) is 69.5 Å². The van der Waals surface area contributed by atoms with E-state index in [0.29, 0.717) is 5.92 Å². The normalized spacial score (nSPS) is 12.5. The molecule has 1 unspecified atom stereocenters. The van der Waals surface area contributed by atoms with E-state index < -0.39 is 0 Å². The van der Waals surface area contributed by atoms with E-state index in [0.717, 1.165) is 57.7 Å². The topological polar surface area (TPSA) is 49.7 Å². The third kappa shape index (κ3) is 6.32. The van der Waals surface area contributed by atoms with Crippen molar-refractivity contribution >= 4 is 10.8 Å². The molecule has 0 saturated carbocycles. The smallest absolute Gasteiger partial charge is 0.119 e. The van der Waals surface area contributed by atoms with Gasteiger partial charge in [0, 0.05) is 0 Å². The van der Waals surface area contributed by atoms with Crippen molar-refractivity contribution in [1.29, 1.82) is 0 Å². The van der Waals surface area contributed by atoms with Crippen molar-refractivity contribution in [2.24, 2.45) is 11.8 Å². The summed E-state index contributed by atoms with van der Waals surface area (Å²) >= 11 is 0. The monoisotopic (exact) mass is 420 g/mol. The highest BCUT2D eigenvalue weighted by atomic mass is 16.5. The molecule has 0 aliphatic rings. The van der Waals surface area contributed by atoms with Gasteiger partial charge in [-0.25, -0.2) is 0 Å². The van der Waals surface area contributed by atoms with Crippen LogP contribution in [-0.4, -0.2) is 16.8 Å². The van der Waals surface area contributed by atoms with Gasteiger partial charge in [-0.3, -0.25) is 0 Å². The van der Waals surface area contributed by atoms with Crippen LogP contribution in [0.3, 0.4) is 0 Å². The van der Waals surface area contributed by atoms with Crippen molar-refractivity contribution in [3.8, 4) is 16.9 Å². The minimum atomic E-state index is -0.0195. The van der Waals surface area contributed by atoms with Crippen molar-refractivity contribution in [3.63, 3.8) is 0 Å². The zero-order valence-corrected chi connectivity index (χ0v) is 19.1. The second-order valence-electron chi connectivity index (χ2n) is 9.05. The van der Waals surface area contributed by atoms with E-state index in [4.69, 9.17) is 4.74 Å². The van der Waals surface area contributed by atoms with Crippen LogP contribution in [-0.2, 0) is 13.2 Å². The Kier molecular flexibility index (Phi) is 8.51. The van der Waals surface area contributed by atoms with Crippen molar-refractivity contribution < 1.29 is 14.9 Å². The lowest BCUT2D eigenvalue weighted by Crippen LogP contribution is -2.04. The zero-order chi connectivity index (χ0) is 22.2. The van der Waals surface area contributed by atoms with E-state index in [-0.39, 0.29) is 13.2 Å². The van der Waals surface area contributed by atoms with Gasteiger partial charge in [0.05, 0.1) is 19.8 Å². The molecule has 3 aromatic carbocycles. The molecule has 0 amide bonds. The Morgan fingerprint density at radius 2 is 1.35 bits per heavy atom. The summed E-state index contributed by atoms with van der Waals surface area (Å²) in [6, 6.07) is 18.2. The summed E-state index contributed by atoms with van der Waals surface area (Å²) in [4.78, 5) is 0. The molecule has 3 heteroatoms. The minimum absolute atomic E-state index is 0.00999. The third-order valence-electron chi connectivity index (χ3n) is 6.08. The van der Waals surface area contributed by atoms with Crippen LogP contribution in [0.15, 0.2) is 54.6 Å². The van der Waals surface area contributed by atoms with Crippen LogP contribution in [0.4, 0.5) is 0 Å². The molecule has 0 aliphatic heterocycles. The minimum Gasteiger partial charge on any atom is -0.494 e. The quantitative estimate of drug-likeness (QED) is 0.362. The molecule has 0 spiro atoms. The second-order valence-corrected chi connectivity index (χ2v) is 9.05. The van der Waals surface area contributed by atoms with Crippen LogP contribution < -0.4 is 4.74 Å². The summed E-state index contributed by atoms with van der Waals surface area (Å²) in [5.41, 5.74) is 3.94. The fourth-order valence-corrected chi connectivity index (χ4v) is 4.07. The summed E-state index contributed by atoms with van der Waals surface area (Å²) in [7, 11) is 0. The summed E-state index contributed by atoms with van der Waals surface area (Å²) in [5.74, 6) is 2.38. The fourth-order valence-electron chi connectivity index (χ4n) is 4.07. The van der Waals surface area contributed by atoms with Gasteiger partial charge in [-0.1, -0.05) is 76.4 Å². The lowest BCUT2D eigenvalue weighted by Gasteiger charge is -2.14. The number of hydrogen-bond donors (Lipinski definition) is 2. The van der Waals surface area contributed by atoms with Crippen LogP contribution in [0.2, 0.25) is 0 Å². The highest BCUT2D eigenvalue weighted by Crippen LogP contribution is 2.30. The molecule has 1 atom stereocenters. The maximum atomic E-state index is 9.71. The van der Waals surface area contributed by atoms with Gasteiger partial charge in [0.1, 0.15) is 5.75 Å². The Balaban J connectivity index is 1.63. The Morgan fingerprint density at radius 1 is 0.710 bits per heavy atom. The van der Waals surface area contributed by atoms with E-state index in [2.05, 4.69) is 45.0 Å². The first-order valence-corrected chi connectivity index (χ1v) is 11.5. The van der Waals surface area contributed by atoms with Gasteiger partial charge < -0.3 is 14.9 Å². The predicted octanol–water partition coefficient (Wildman–Crippen LogP) is 6.72. The van der Waals surface area contributed by atoms with E-state index in [1.54, 1.807) is 0 Å². The largest absolute Gasteiger partial charge is 0.494 e. The lowest BCUT2D eigenvalue weighted by molar-refractivity contribution is 0.276. The van der Waals surface area contributed by atoms with Crippen LogP contribution in [0.25, 0.3) is 21.9 Å². The number of fused-ring (bicyclic) bond motifs is 1. The molecule has 3 aromatic rings. The average Bonchev–Trinajstić information content (AvgIpc) is 2.78. The first-order valence-electron chi connectivity index (χ1n) is 11.5.